The van der Waals surface area contributed by atoms with Gasteiger partial charge in [-0.15, -0.1) is 0 Å². The van der Waals surface area contributed by atoms with Crippen molar-refractivity contribution < 1.29 is 23.1 Å². The van der Waals surface area contributed by atoms with Gasteiger partial charge in [0, 0.05) is 25.6 Å². The summed E-state index contributed by atoms with van der Waals surface area (Å²) in [6.45, 7) is 24.4. The third-order valence-electron chi connectivity index (χ3n) is 7.61. The zero-order valence-electron chi connectivity index (χ0n) is 22.5. The van der Waals surface area contributed by atoms with E-state index in [2.05, 4.69) is 67.7 Å². The van der Waals surface area contributed by atoms with E-state index in [-0.39, 0.29) is 28.1 Å². The number of hydrogen-bond acceptors (Lipinski definition) is 5. The highest BCUT2D eigenvalue weighted by Gasteiger charge is 2.41. The zero-order chi connectivity index (χ0) is 25.1. The standard InChI is InChI=1S/C26H46O5Si2/c1-25(2,3)32(7,8)29-17-11-16-28-22-14-12-20(13-15-22)24-21(18-23(27)31-24)19-30-33(9,10)26(4,5)6/h12-15,21,24H,11,16-19H2,1-10H3/t21-,24-/m0/s1. The third kappa shape index (κ3) is 7.67. The summed E-state index contributed by atoms with van der Waals surface area (Å²) < 4.78 is 24.2. The summed E-state index contributed by atoms with van der Waals surface area (Å²) in [7, 11) is -3.58. The molecule has 0 aliphatic carbocycles. The van der Waals surface area contributed by atoms with Crippen LogP contribution in [-0.4, -0.2) is 42.4 Å². The normalized spacial score (nSPS) is 20.1. The van der Waals surface area contributed by atoms with Crippen molar-refractivity contribution in [3.05, 3.63) is 29.8 Å². The van der Waals surface area contributed by atoms with Crippen molar-refractivity contribution in [3.8, 4) is 5.75 Å². The van der Waals surface area contributed by atoms with Crippen LogP contribution in [0.1, 0.15) is 66.1 Å². The number of carbonyl (C=O) groups is 1. The molecule has 0 bridgehead atoms. The van der Waals surface area contributed by atoms with Crippen LogP contribution < -0.4 is 4.74 Å². The topological polar surface area (TPSA) is 54.0 Å². The number of cyclic esters (lactones) is 1. The first-order valence-corrected chi connectivity index (χ1v) is 18.1. The molecule has 1 aliphatic heterocycles. The third-order valence-corrected chi connectivity index (χ3v) is 16.7. The van der Waals surface area contributed by atoms with Gasteiger partial charge >= 0.3 is 5.97 Å². The maximum atomic E-state index is 12.1. The molecule has 2 rings (SSSR count). The summed E-state index contributed by atoms with van der Waals surface area (Å²) in [5.74, 6) is 0.723. The average molecular weight is 495 g/mol. The summed E-state index contributed by atoms with van der Waals surface area (Å²) in [6, 6.07) is 7.93. The van der Waals surface area contributed by atoms with E-state index in [1.807, 2.05) is 24.3 Å². The van der Waals surface area contributed by atoms with Crippen LogP contribution in [0.4, 0.5) is 0 Å². The van der Waals surface area contributed by atoms with Crippen molar-refractivity contribution in [2.45, 2.75) is 96.8 Å². The molecule has 1 aliphatic rings. The summed E-state index contributed by atoms with van der Waals surface area (Å²) in [4.78, 5) is 12.1. The van der Waals surface area contributed by atoms with Gasteiger partial charge in [-0.1, -0.05) is 53.7 Å². The largest absolute Gasteiger partial charge is 0.494 e. The summed E-state index contributed by atoms with van der Waals surface area (Å²) in [5, 5.41) is 0.363. The summed E-state index contributed by atoms with van der Waals surface area (Å²) >= 11 is 0. The Balaban J connectivity index is 1.87. The first-order valence-electron chi connectivity index (χ1n) is 12.2. The first kappa shape index (κ1) is 28.1. The van der Waals surface area contributed by atoms with Gasteiger partial charge in [0.25, 0.3) is 0 Å². The van der Waals surface area contributed by atoms with E-state index >= 15 is 0 Å². The van der Waals surface area contributed by atoms with Crippen molar-refractivity contribution in [1.82, 2.24) is 0 Å². The van der Waals surface area contributed by atoms with Crippen LogP contribution in [0.25, 0.3) is 0 Å². The van der Waals surface area contributed by atoms with Gasteiger partial charge in [-0.3, -0.25) is 4.79 Å². The smallest absolute Gasteiger partial charge is 0.306 e. The molecular formula is C26H46O5Si2. The molecular weight excluding hydrogens is 448 g/mol. The number of benzene rings is 1. The van der Waals surface area contributed by atoms with Crippen LogP contribution in [0.3, 0.4) is 0 Å². The molecule has 0 spiro atoms. The second-order valence-corrected chi connectivity index (χ2v) is 21.9. The van der Waals surface area contributed by atoms with Gasteiger partial charge in [0.2, 0.25) is 0 Å². The molecule has 1 fully saturated rings. The minimum atomic E-state index is -1.87. The molecule has 1 aromatic rings. The van der Waals surface area contributed by atoms with Gasteiger partial charge in [0.15, 0.2) is 16.6 Å². The molecule has 5 nitrogen and oxygen atoms in total. The molecule has 0 aromatic heterocycles. The lowest BCUT2D eigenvalue weighted by Crippen LogP contribution is -2.42. The van der Waals surface area contributed by atoms with Crippen LogP contribution in [-0.2, 0) is 18.4 Å². The van der Waals surface area contributed by atoms with Gasteiger partial charge in [0.1, 0.15) is 11.9 Å². The maximum Gasteiger partial charge on any atom is 0.306 e. The molecule has 7 heteroatoms. The molecule has 0 saturated carbocycles. The van der Waals surface area contributed by atoms with Crippen molar-refractivity contribution in [1.29, 1.82) is 0 Å². The van der Waals surface area contributed by atoms with E-state index in [9.17, 15) is 4.79 Å². The Bertz CT molecular complexity index is 775. The number of hydrogen-bond donors (Lipinski definition) is 0. The number of carbonyl (C=O) groups excluding carboxylic acids is 1. The van der Waals surface area contributed by atoms with E-state index in [1.54, 1.807) is 0 Å². The van der Waals surface area contributed by atoms with Crippen LogP contribution in [0.5, 0.6) is 5.75 Å². The van der Waals surface area contributed by atoms with Crippen LogP contribution >= 0.6 is 0 Å². The number of esters is 1. The van der Waals surface area contributed by atoms with E-state index in [1.165, 1.54) is 0 Å². The predicted molar refractivity (Wildman–Crippen MR) is 140 cm³/mol. The highest BCUT2D eigenvalue weighted by Crippen LogP contribution is 2.40. The Morgan fingerprint density at radius 2 is 1.42 bits per heavy atom. The lowest BCUT2D eigenvalue weighted by Gasteiger charge is -2.37. The van der Waals surface area contributed by atoms with E-state index in [0.29, 0.717) is 19.6 Å². The van der Waals surface area contributed by atoms with Crippen molar-refractivity contribution >= 4 is 22.6 Å². The van der Waals surface area contributed by atoms with Crippen molar-refractivity contribution in [2.75, 3.05) is 19.8 Å². The minimum Gasteiger partial charge on any atom is -0.494 e. The molecule has 1 saturated heterocycles. The lowest BCUT2D eigenvalue weighted by molar-refractivity contribution is -0.141. The monoisotopic (exact) mass is 494 g/mol. The molecule has 188 valence electrons. The van der Waals surface area contributed by atoms with Gasteiger partial charge in [-0.2, -0.15) is 0 Å². The fourth-order valence-corrected chi connectivity index (χ4v) is 5.32. The molecule has 1 heterocycles. The van der Waals surface area contributed by atoms with E-state index in [0.717, 1.165) is 24.3 Å². The molecule has 33 heavy (non-hydrogen) atoms. The van der Waals surface area contributed by atoms with Crippen molar-refractivity contribution in [2.24, 2.45) is 5.92 Å². The van der Waals surface area contributed by atoms with E-state index in [4.69, 9.17) is 18.3 Å². The van der Waals surface area contributed by atoms with Gasteiger partial charge in [-0.05, 0) is 54.0 Å². The molecule has 0 unspecified atom stereocenters. The fraction of sp³-hybridized carbons (Fsp3) is 0.731. The molecule has 0 amide bonds. The van der Waals surface area contributed by atoms with Gasteiger partial charge in [0.05, 0.1) is 13.0 Å². The maximum absolute atomic E-state index is 12.1. The molecule has 0 N–H and O–H groups in total. The first-order chi connectivity index (χ1) is 15.0. The Labute approximate surface area is 203 Å². The Morgan fingerprint density at radius 3 is 1.97 bits per heavy atom. The Morgan fingerprint density at radius 1 is 0.879 bits per heavy atom. The second kappa shape index (κ2) is 10.6. The van der Waals surface area contributed by atoms with Gasteiger partial charge in [-0.25, -0.2) is 0 Å². The van der Waals surface area contributed by atoms with Crippen LogP contribution in [0.15, 0.2) is 24.3 Å². The highest BCUT2D eigenvalue weighted by atomic mass is 28.4. The molecule has 2 atom stereocenters. The Kier molecular flexibility index (Phi) is 9.04. The van der Waals surface area contributed by atoms with Crippen LogP contribution in [0.2, 0.25) is 36.3 Å². The predicted octanol–water partition coefficient (Wildman–Crippen LogP) is 7.10. The fourth-order valence-electron chi connectivity index (χ4n) is 3.17. The zero-order valence-corrected chi connectivity index (χ0v) is 24.5. The quantitative estimate of drug-likeness (QED) is 0.197. The van der Waals surface area contributed by atoms with Crippen molar-refractivity contribution in [3.63, 3.8) is 0 Å². The summed E-state index contributed by atoms with van der Waals surface area (Å²) in [5.41, 5.74) is 0.998. The average Bonchev–Trinajstić information content (AvgIpc) is 3.05. The Hall–Kier alpha value is -1.16. The summed E-state index contributed by atoms with van der Waals surface area (Å²) in [6.07, 6.45) is 1.02. The lowest BCUT2D eigenvalue weighted by atomic mass is 9.96. The number of ether oxygens (including phenoxy) is 2. The SMILES string of the molecule is CC(C)(C)[Si](C)(C)OCCCOc1ccc([C@@H]2OC(=O)C[C@H]2CO[Si](C)(C)C(C)(C)C)cc1. The minimum absolute atomic E-state index is 0.0471. The van der Waals surface area contributed by atoms with Crippen LogP contribution in [0, 0.1) is 5.92 Å². The number of rotatable bonds is 10. The molecule has 0 radical (unpaired) electrons. The van der Waals surface area contributed by atoms with Gasteiger partial charge < -0.3 is 18.3 Å². The van der Waals surface area contributed by atoms with E-state index < -0.39 is 16.6 Å². The molecule has 1 aromatic carbocycles. The second-order valence-electron chi connectivity index (χ2n) is 12.3. The highest BCUT2D eigenvalue weighted by molar-refractivity contribution is 6.74.